The van der Waals surface area contributed by atoms with Gasteiger partial charge in [-0.05, 0) is 36.2 Å². The van der Waals surface area contributed by atoms with Gasteiger partial charge in [0.25, 0.3) is 0 Å². The summed E-state index contributed by atoms with van der Waals surface area (Å²) in [6, 6.07) is 14.9. The molecule has 2 aromatic carbocycles. The van der Waals surface area contributed by atoms with Crippen LogP contribution in [-0.4, -0.2) is 32.7 Å². The number of nitrogens with one attached hydrogen (secondary N) is 2. The Morgan fingerprint density at radius 1 is 1.17 bits per heavy atom. The van der Waals surface area contributed by atoms with Crippen LogP contribution in [0.1, 0.15) is 23.4 Å². The van der Waals surface area contributed by atoms with Crippen molar-refractivity contribution in [1.29, 1.82) is 0 Å². The van der Waals surface area contributed by atoms with Crippen LogP contribution < -0.4 is 10.6 Å². The minimum absolute atomic E-state index is 0.203. The summed E-state index contributed by atoms with van der Waals surface area (Å²) in [6.07, 6.45) is 0.598. The molecule has 2 N–H and O–H groups in total. The average Bonchev–Trinajstić information content (AvgIpc) is 3.09. The van der Waals surface area contributed by atoms with Crippen LogP contribution in [0, 0.1) is 6.92 Å². The first kappa shape index (κ1) is 20.4. The molecule has 0 radical (unpaired) electrons. The van der Waals surface area contributed by atoms with E-state index in [1.54, 1.807) is 0 Å². The van der Waals surface area contributed by atoms with Gasteiger partial charge >= 0.3 is 6.03 Å². The third kappa shape index (κ3) is 4.66. The Labute approximate surface area is 183 Å². The van der Waals surface area contributed by atoms with Crippen molar-refractivity contribution in [2.75, 3.05) is 0 Å². The Bertz CT molecular complexity index is 1080. The minimum atomic E-state index is -0.480. The van der Waals surface area contributed by atoms with Crippen LogP contribution in [0.15, 0.2) is 53.7 Å². The SMILES string of the molecule is Cc1cccc(-n2c(CC3CC(=O)NC(=O)N3)nnc2SCc2ccccc2Cl)c1. The van der Waals surface area contributed by atoms with Crippen LogP contribution in [-0.2, 0) is 17.0 Å². The number of nitrogens with zero attached hydrogens (tertiary/aromatic N) is 3. The van der Waals surface area contributed by atoms with Gasteiger partial charge in [0.15, 0.2) is 5.16 Å². The molecule has 1 atom stereocenters. The molecule has 0 aliphatic carbocycles. The zero-order valence-electron chi connectivity index (χ0n) is 16.3. The molecule has 30 heavy (non-hydrogen) atoms. The number of benzene rings is 2. The number of halogens is 1. The number of amides is 3. The highest BCUT2D eigenvalue weighted by molar-refractivity contribution is 7.98. The number of urea groups is 1. The van der Waals surface area contributed by atoms with E-state index in [9.17, 15) is 9.59 Å². The van der Waals surface area contributed by atoms with Gasteiger partial charge in [-0.25, -0.2) is 4.79 Å². The van der Waals surface area contributed by atoms with Gasteiger partial charge in [0.1, 0.15) is 5.82 Å². The molecule has 7 nitrogen and oxygen atoms in total. The Kier molecular flexibility index (Phi) is 6.06. The van der Waals surface area contributed by atoms with Gasteiger partial charge in [-0.3, -0.25) is 14.7 Å². The van der Waals surface area contributed by atoms with E-state index in [1.807, 2.05) is 54.0 Å². The van der Waals surface area contributed by atoms with Crippen LogP contribution in [0.2, 0.25) is 5.02 Å². The molecule has 2 heterocycles. The summed E-state index contributed by atoms with van der Waals surface area (Å²) in [5, 5.41) is 15.2. The van der Waals surface area contributed by atoms with Crippen molar-refractivity contribution in [3.05, 3.63) is 70.5 Å². The van der Waals surface area contributed by atoms with Crippen molar-refractivity contribution in [1.82, 2.24) is 25.4 Å². The highest BCUT2D eigenvalue weighted by atomic mass is 35.5. The molecule has 0 saturated carbocycles. The van der Waals surface area contributed by atoms with Gasteiger partial charge < -0.3 is 5.32 Å². The fourth-order valence-corrected chi connectivity index (χ4v) is 4.58. The zero-order chi connectivity index (χ0) is 21.1. The maximum atomic E-state index is 11.7. The first-order valence-corrected chi connectivity index (χ1v) is 10.8. The highest BCUT2D eigenvalue weighted by Crippen LogP contribution is 2.29. The Morgan fingerprint density at radius 3 is 2.77 bits per heavy atom. The summed E-state index contributed by atoms with van der Waals surface area (Å²) >= 11 is 7.83. The molecule has 4 rings (SSSR count). The van der Waals surface area contributed by atoms with E-state index in [-0.39, 0.29) is 18.4 Å². The van der Waals surface area contributed by atoms with Gasteiger partial charge in [-0.15, -0.1) is 10.2 Å². The Balaban J connectivity index is 1.64. The summed E-state index contributed by atoms with van der Waals surface area (Å²) in [7, 11) is 0. The number of hydrogen-bond acceptors (Lipinski definition) is 5. The van der Waals surface area contributed by atoms with E-state index < -0.39 is 6.03 Å². The van der Waals surface area contributed by atoms with Crippen LogP contribution >= 0.6 is 23.4 Å². The Morgan fingerprint density at radius 2 is 2.00 bits per heavy atom. The van der Waals surface area contributed by atoms with Gasteiger partial charge in [0.2, 0.25) is 5.91 Å². The average molecular weight is 442 g/mol. The summed E-state index contributed by atoms with van der Waals surface area (Å²) in [4.78, 5) is 23.4. The van der Waals surface area contributed by atoms with Crippen LogP contribution in [0.3, 0.4) is 0 Å². The molecule has 1 aromatic heterocycles. The molecule has 9 heteroatoms. The standard InChI is InChI=1S/C21H20ClN5O2S/c1-13-5-4-7-16(9-13)27-18(10-15-11-19(28)24-20(29)23-15)25-26-21(27)30-12-14-6-2-3-8-17(14)22/h2-9,15H,10-12H2,1H3,(H2,23,24,28,29). The van der Waals surface area contributed by atoms with Crippen molar-refractivity contribution < 1.29 is 9.59 Å². The fraction of sp³-hybridized carbons (Fsp3) is 0.238. The second-order valence-corrected chi connectivity index (χ2v) is 8.43. The molecule has 0 bridgehead atoms. The summed E-state index contributed by atoms with van der Waals surface area (Å²) in [6.45, 7) is 2.02. The lowest BCUT2D eigenvalue weighted by molar-refractivity contribution is -0.121. The lowest BCUT2D eigenvalue weighted by atomic mass is 10.1. The van der Waals surface area contributed by atoms with E-state index in [2.05, 4.69) is 26.9 Å². The molecular formula is C21H20ClN5O2S. The lowest BCUT2D eigenvalue weighted by Crippen LogP contribution is -2.53. The highest BCUT2D eigenvalue weighted by Gasteiger charge is 2.26. The van der Waals surface area contributed by atoms with E-state index in [4.69, 9.17) is 11.6 Å². The second kappa shape index (κ2) is 8.89. The van der Waals surface area contributed by atoms with Gasteiger partial charge in [0.05, 0.1) is 0 Å². The molecule has 1 aliphatic heterocycles. The third-order valence-corrected chi connectivity index (χ3v) is 6.07. The number of thioether (sulfide) groups is 1. The fourth-order valence-electron chi connectivity index (χ4n) is 3.33. The van der Waals surface area contributed by atoms with Gasteiger partial charge in [-0.2, -0.15) is 0 Å². The van der Waals surface area contributed by atoms with Gasteiger partial charge in [-0.1, -0.05) is 53.7 Å². The zero-order valence-corrected chi connectivity index (χ0v) is 17.8. The molecular weight excluding hydrogens is 422 g/mol. The first-order chi connectivity index (χ1) is 14.5. The largest absolute Gasteiger partial charge is 0.334 e. The smallest absolute Gasteiger partial charge is 0.321 e. The predicted octanol–water partition coefficient (Wildman–Crippen LogP) is 3.66. The van der Waals surface area contributed by atoms with Crippen molar-refractivity contribution in [3.8, 4) is 5.69 Å². The summed E-state index contributed by atoms with van der Waals surface area (Å²) in [5.41, 5.74) is 3.06. The molecule has 3 aromatic rings. The first-order valence-electron chi connectivity index (χ1n) is 9.47. The predicted molar refractivity (Wildman–Crippen MR) is 116 cm³/mol. The molecule has 0 spiro atoms. The number of aryl methyl sites for hydroxylation is 1. The van der Waals surface area contributed by atoms with Crippen LogP contribution in [0.25, 0.3) is 5.69 Å². The van der Waals surface area contributed by atoms with Crippen LogP contribution in [0.4, 0.5) is 4.79 Å². The topological polar surface area (TPSA) is 88.9 Å². The quantitative estimate of drug-likeness (QED) is 0.570. The van der Waals surface area contributed by atoms with Gasteiger partial charge in [0, 0.05) is 35.3 Å². The normalized spacial score (nSPS) is 16.3. The number of aromatic nitrogens is 3. The minimum Gasteiger partial charge on any atom is -0.334 e. The number of hydrogen-bond donors (Lipinski definition) is 2. The lowest BCUT2D eigenvalue weighted by Gasteiger charge is -2.23. The van der Waals surface area contributed by atoms with Crippen molar-refractivity contribution in [2.24, 2.45) is 0 Å². The van der Waals surface area contributed by atoms with E-state index >= 15 is 0 Å². The number of imide groups is 1. The molecule has 154 valence electrons. The van der Waals surface area contributed by atoms with Crippen LogP contribution in [0.5, 0.6) is 0 Å². The maximum Gasteiger partial charge on any atom is 0.321 e. The summed E-state index contributed by atoms with van der Waals surface area (Å²) in [5.74, 6) is 1.03. The summed E-state index contributed by atoms with van der Waals surface area (Å²) < 4.78 is 1.98. The maximum absolute atomic E-state index is 11.7. The van der Waals surface area contributed by atoms with Crippen molar-refractivity contribution in [2.45, 2.75) is 36.7 Å². The number of carbonyl (C=O) groups excluding carboxylic acids is 2. The molecule has 3 amide bonds. The molecule has 1 unspecified atom stereocenters. The van der Waals surface area contributed by atoms with E-state index in [0.29, 0.717) is 23.0 Å². The monoisotopic (exact) mass is 441 g/mol. The van der Waals surface area contributed by atoms with Crippen molar-refractivity contribution >= 4 is 35.3 Å². The molecule has 1 fully saturated rings. The van der Waals surface area contributed by atoms with E-state index in [0.717, 1.165) is 22.0 Å². The third-order valence-electron chi connectivity index (χ3n) is 4.72. The Hall–Kier alpha value is -2.84. The van der Waals surface area contributed by atoms with E-state index in [1.165, 1.54) is 11.8 Å². The molecule has 1 aliphatic rings. The number of rotatable bonds is 6. The second-order valence-electron chi connectivity index (χ2n) is 7.08. The molecule has 1 saturated heterocycles. The number of carbonyl (C=O) groups is 2. The van der Waals surface area contributed by atoms with Crippen molar-refractivity contribution in [3.63, 3.8) is 0 Å².